The Morgan fingerprint density at radius 3 is 2.60 bits per heavy atom. The van der Waals surface area contributed by atoms with E-state index in [1.54, 1.807) is 6.07 Å². The van der Waals surface area contributed by atoms with Crippen molar-refractivity contribution in [3.8, 4) is 0 Å². The van der Waals surface area contributed by atoms with E-state index in [1.807, 2.05) is 7.05 Å². The highest BCUT2D eigenvalue weighted by atomic mass is 19.1. The third-order valence-corrected chi connectivity index (χ3v) is 4.81. The minimum absolute atomic E-state index is 0.198. The van der Waals surface area contributed by atoms with Gasteiger partial charge >= 0.3 is 0 Å². The molecule has 2 rings (SSSR count). The smallest absolute Gasteiger partial charge is 0.129 e. The van der Waals surface area contributed by atoms with Gasteiger partial charge in [0.1, 0.15) is 11.6 Å². The van der Waals surface area contributed by atoms with Crippen molar-refractivity contribution >= 4 is 0 Å². The van der Waals surface area contributed by atoms with Crippen molar-refractivity contribution in [1.29, 1.82) is 0 Å². The van der Waals surface area contributed by atoms with Gasteiger partial charge in [0.15, 0.2) is 0 Å². The number of hydrogen-bond acceptors (Lipinski definition) is 1. The molecule has 1 aliphatic rings. The first-order valence-electron chi connectivity index (χ1n) is 7.62. The van der Waals surface area contributed by atoms with Crippen LogP contribution in [0.5, 0.6) is 0 Å². The van der Waals surface area contributed by atoms with Crippen LogP contribution < -0.4 is 5.32 Å². The van der Waals surface area contributed by atoms with Crippen LogP contribution in [0.25, 0.3) is 0 Å². The molecule has 1 nitrogen and oxygen atoms in total. The molecule has 1 aromatic rings. The summed E-state index contributed by atoms with van der Waals surface area (Å²) >= 11 is 0. The zero-order valence-electron chi connectivity index (χ0n) is 12.6. The number of rotatable bonds is 4. The van der Waals surface area contributed by atoms with Crippen LogP contribution in [0.4, 0.5) is 8.78 Å². The molecular weight excluding hydrogens is 256 g/mol. The summed E-state index contributed by atoms with van der Waals surface area (Å²) in [4.78, 5) is 0. The first-order valence-corrected chi connectivity index (χ1v) is 7.62. The van der Waals surface area contributed by atoms with Gasteiger partial charge in [0.2, 0.25) is 0 Å². The van der Waals surface area contributed by atoms with E-state index in [4.69, 9.17) is 0 Å². The van der Waals surface area contributed by atoms with Gasteiger partial charge in [-0.05, 0) is 68.2 Å². The molecular formula is C17H25F2N. The van der Waals surface area contributed by atoms with Crippen LogP contribution in [0.1, 0.15) is 44.6 Å². The number of halogens is 2. The van der Waals surface area contributed by atoms with Crippen LogP contribution in [-0.4, -0.2) is 13.6 Å². The Hall–Kier alpha value is -0.960. The van der Waals surface area contributed by atoms with Gasteiger partial charge in [-0.25, -0.2) is 8.78 Å². The van der Waals surface area contributed by atoms with Crippen molar-refractivity contribution in [2.75, 3.05) is 13.6 Å². The van der Waals surface area contributed by atoms with Crippen molar-refractivity contribution in [2.45, 2.75) is 39.0 Å². The van der Waals surface area contributed by atoms with Gasteiger partial charge in [0.05, 0.1) is 0 Å². The fourth-order valence-electron chi connectivity index (χ4n) is 3.56. The number of benzene rings is 1. The van der Waals surface area contributed by atoms with Crippen LogP contribution in [0, 0.1) is 29.4 Å². The summed E-state index contributed by atoms with van der Waals surface area (Å²) < 4.78 is 27.2. The first-order chi connectivity index (χ1) is 9.52. The highest BCUT2D eigenvalue weighted by Gasteiger charge is 2.33. The molecule has 0 aromatic heterocycles. The SMILES string of the molecule is CNCC1CCC(C(C)C)CC1c1ccc(F)cc1F. The minimum Gasteiger partial charge on any atom is -0.319 e. The van der Waals surface area contributed by atoms with Crippen LogP contribution in [-0.2, 0) is 0 Å². The van der Waals surface area contributed by atoms with Crippen molar-refractivity contribution in [3.63, 3.8) is 0 Å². The monoisotopic (exact) mass is 281 g/mol. The highest BCUT2D eigenvalue weighted by molar-refractivity contribution is 5.24. The molecule has 1 fully saturated rings. The summed E-state index contributed by atoms with van der Waals surface area (Å²) in [5.74, 6) is 1.02. The molecule has 1 aliphatic carbocycles. The predicted octanol–water partition coefficient (Wildman–Crippen LogP) is 4.34. The lowest BCUT2D eigenvalue weighted by Crippen LogP contribution is -2.32. The molecule has 20 heavy (non-hydrogen) atoms. The van der Waals surface area contributed by atoms with E-state index < -0.39 is 5.82 Å². The standard InChI is InChI=1S/C17H25F2N/c1-11(2)12-4-5-13(10-20-3)16(8-12)15-7-6-14(18)9-17(15)19/h6-7,9,11-13,16,20H,4-5,8,10H2,1-3H3. The molecule has 0 saturated heterocycles. The van der Waals surface area contributed by atoms with Gasteiger partial charge in [-0.15, -0.1) is 0 Å². The predicted molar refractivity (Wildman–Crippen MR) is 78.7 cm³/mol. The molecule has 0 spiro atoms. The summed E-state index contributed by atoms with van der Waals surface area (Å²) in [6.45, 7) is 5.37. The van der Waals surface area contributed by atoms with Gasteiger partial charge in [0, 0.05) is 6.07 Å². The van der Waals surface area contributed by atoms with Crippen LogP contribution >= 0.6 is 0 Å². The second-order valence-electron chi connectivity index (χ2n) is 6.41. The summed E-state index contributed by atoms with van der Waals surface area (Å²) in [7, 11) is 1.94. The third kappa shape index (κ3) is 3.38. The molecule has 0 aliphatic heterocycles. The first kappa shape index (κ1) is 15.4. The normalized spacial score (nSPS) is 27.0. The molecule has 0 heterocycles. The Morgan fingerprint density at radius 1 is 1.25 bits per heavy atom. The fourth-order valence-corrected chi connectivity index (χ4v) is 3.56. The van der Waals surface area contributed by atoms with Crippen molar-refractivity contribution in [2.24, 2.45) is 17.8 Å². The lowest BCUT2D eigenvalue weighted by atomic mass is 9.68. The van der Waals surface area contributed by atoms with Gasteiger partial charge in [-0.2, -0.15) is 0 Å². The Balaban J connectivity index is 2.26. The maximum Gasteiger partial charge on any atom is 0.129 e. The van der Waals surface area contributed by atoms with Crippen molar-refractivity contribution in [1.82, 2.24) is 5.32 Å². The van der Waals surface area contributed by atoms with Gasteiger partial charge < -0.3 is 5.32 Å². The lowest BCUT2D eigenvalue weighted by Gasteiger charge is -2.38. The summed E-state index contributed by atoms with van der Waals surface area (Å²) in [6, 6.07) is 4.04. The van der Waals surface area contributed by atoms with E-state index in [2.05, 4.69) is 19.2 Å². The van der Waals surface area contributed by atoms with E-state index in [1.165, 1.54) is 12.5 Å². The molecule has 0 bridgehead atoms. The maximum atomic E-state index is 14.1. The quantitative estimate of drug-likeness (QED) is 0.865. The molecule has 3 heteroatoms. The van der Waals surface area contributed by atoms with E-state index in [-0.39, 0.29) is 11.7 Å². The third-order valence-electron chi connectivity index (χ3n) is 4.81. The molecule has 3 atom stereocenters. The van der Waals surface area contributed by atoms with E-state index in [0.29, 0.717) is 23.3 Å². The van der Waals surface area contributed by atoms with Gasteiger partial charge in [0.25, 0.3) is 0 Å². The summed E-state index contributed by atoms with van der Waals surface area (Å²) in [5.41, 5.74) is 0.692. The largest absolute Gasteiger partial charge is 0.319 e. The lowest BCUT2D eigenvalue weighted by molar-refractivity contribution is 0.189. The Labute approximate surface area is 120 Å². The fraction of sp³-hybridized carbons (Fsp3) is 0.647. The molecule has 112 valence electrons. The molecule has 0 radical (unpaired) electrons. The van der Waals surface area contributed by atoms with Crippen LogP contribution in [0.3, 0.4) is 0 Å². The topological polar surface area (TPSA) is 12.0 Å². The molecule has 1 N–H and O–H groups in total. The average Bonchev–Trinajstić information content (AvgIpc) is 2.40. The summed E-state index contributed by atoms with van der Waals surface area (Å²) in [6.07, 6.45) is 3.33. The zero-order chi connectivity index (χ0) is 14.7. The Morgan fingerprint density at radius 2 is 2.00 bits per heavy atom. The second kappa shape index (κ2) is 6.66. The number of hydrogen-bond donors (Lipinski definition) is 1. The second-order valence-corrected chi connectivity index (χ2v) is 6.41. The van der Waals surface area contributed by atoms with Gasteiger partial charge in [-0.3, -0.25) is 0 Å². The van der Waals surface area contributed by atoms with Crippen LogP contribution in [0.2, 0.25) is 0 Å². The Bertz CT molecular complexity index is 445. The summed E-state index contributed by atoms with van der Waals surface area (Å²) in [5, 5.41) is 3.22. The van der Waals surface area contributed by atoms with E-state index in [9.17, 15) is 8.78 Å². The molecule has 1 aromatic carbocycles. The van der Waals surface area contributed by atoms with Crippen molar-refractivity contribution in [3.05, 3.63) is 35.4 Å². The van der Waals surface area contributed by atoms with Crippen molar-refractivity contribution < 1.29 is 8.78 Å². The molecule has 0 amide bonds. The van der Waals surface area contributed by atoms with E-state index in [0.717, 1.165) is 25.5 Å². The Kier molecular flexibility index (Phi) is 5.14. The maximum absolute atomic E-state index is 14.1. The molecule has 1 saturated carbocycles. The van der Waals surface area contributed by atoms with E-state index >= 15 is 0 Å². The van der Waals surface area contributed by atoms with Gasteiger partial charge in [-0.1, -0.05) is 19.9 Å². The average molecular weight is 281 g/mol. The number of nitrogens with one attached hydrogen (secondary N) is 1. The minimum atomic E-state index is -0.493. The molecule has 3 unspecified atom stereocenters. The highest BCUT2D eigenvalue weighted by Crippen LogP contribution is 2.43. The van der Waals surface area contributed by atoms with Crippen LogP contribution in [0.15, 0.2) is 18.2 Å². The zero-order valence-corrected chi connectivity index (χ0v) is 12.6.